The van der Waals surface area contributed by atoms with Crippen LogP contribution in [-0.2, 0) is 0 Å². The van der Waals surface area contributed by atoms with Crippen LogP contribution in [0.1, 0.15) is 10.5 Å². The molecule has 1 N–H and O–H groups in total. The minimum Gasteiger partial charge on any atom is -0.618 e. The molecule has 2 rings (SSSR count). The average Bonchev–Trinajstić information content (AvgIpc) is 2.71. The third-order valence-electron chi connectivity index (χ3n) is 1.71. The number of pyridine rings is 1. The van der Waals surface area contributed by atoms with Gasteiger partial charge in [-0.25, -0.2) is 4.98 Å². The standard InChI is InChI=1S/C9H7N3O2S/c13-8(11-9-10-4-6-15-9)7-3-1-2-5-12(7)14/h1-6H,(H,10,11,13). The Kier molecular flexibility index (Phi) is 2.59. The van der Waals surface area contributed by atoms with Gasteiger partial charge >= 0.3 is 5.91 Å². The first-order valence-corrected chi connectivity index (χ1v) is 5.04. The predicted octanol–water partition coefficient (Wildman–Crippen LogP) is 1.03. The van der Waals surface area contributed by atoms with Crippen LogP contribution in [-0.4, -0.2) is 10.9 Å². The van der Waals surface area contributed by atoms with Crippen molar-refractivity contribution < 1.29 is 9.52 Å². The quantitative estimate of drug-likeness (QED) is 0.608. The van der Waals surface area contributed by atoms with E-state index in [0.717, 1.165) is 0 Å². The molecule has 0 atom stereocenters. The number of hydrogen-bond donors (Lipinski definition) is 1. The van der Waals surface area contributed by atoms with Gasteiger partial charge in [0.15, 0.2) is 11.3 Å². The molecule has 2 heterocycles. The lowest BCUT2D eigenvalue weighted by atomic mass is 10.3. The molecule has 0 bridgehead atoms. The number of aromatic nitrogens is 2. The molecular weight excluding hydrogens is 214 g/mol. The molecule has 0 fully saturated rings. The van der Waals surface area contributed by atoms with E-state index in [0.29, 0.717) is 9.86 Å². The molecule has 2 aromatic rings. The summed E-state index contributed by atoms with van der Waals surface area (Å²) in [5.41, 5.74) is 0.0488. The van der Waals surface area contributed by atoms with E-state index in [1.165, 1.54) is 23.6 Å². The largest absolute Gasteiger partial charge is 0.618 e. The fourth-order valence-electron chi connectivity index (χ4n) is 1.05. The highest BCUT2D eigenvalue weighted by Crippen LogP contribution is 2.10. The summed E-state index contributed by atoms with van der Waals surface area (Å²) in [5, 5.41) is 16.0. The van der Waals surface area contributed by atoms with E-state index in [9.17, 15) is 10.0 Å². The molecule has 0 aliphatic carbocycles. The smallest absolute Gasteiger partial charge is 0.323 e. The minimum absolute atomic E-state index is 0.0488. The Morgan fingerprint density at radius 1 is 1.53 bits per heavy atom. The number of rotatable bonds is 2. The van der Waals surface area contributed by atoms with Gasteiger partial charge in [0.1, 0.15) is 0 Å². The Morgan fingerprint density at radius 3 is 3.07 bits per heavy atom. The zero-order valence-electron chi connectivity index (χ0n) is 7.58. The van der Waals surface area contributed by atoms with E-state index in [4.69, 9.17) is 0 Å². The van der Waals surface area contributed by atoms with E-state index in [-0.39, 0.29) is 5.69 Å². The van der Waals surface area contributed by atoms with E-state index in [1.54, 1.807) is 23.7 Å². The van der Waals surface area contributed by atoms with Crippen molar-refractivity contribution in [3.05, 3.63) is 46.9 Å². The highest BCUT2D eigenvalue weighted by atomic mass is 32.1. The average molecular weight is 221 g/mol. The van der Waals surface area contributed by atoms with E-state index in [1.807, 2.05) is 0 Å². The third-order valence-corrected chi connectivity index (χ3v) is 2.40. The van der Waals surface area contributed by atoms with Crippen molar-refractivity contribution in [2.24, 2.45) is 0 Å². The van der Waals surface area contributed by atoms with Gasteiger partial charge < -0.3 is 5.21 Å². The molecule has 6 heteroatoms. The van der Waals surface area contributed by atoms with Gasteiger partial charge in [-0.1, -0.05) is 0 Å². The van der Waals surface area contributed by atoms with Gasteiger partial charge in [0.2, 0.25) is 0 Å². The molecule has 15 heavy (non-hydrogen) atoms. The lowest BCUT2D eigenvalue weighted by molar-refractivity contribution is -0.607. The van der Waals surface area contributed by atoms with E-state index in [2.05, 4.69) is 10.3 Å². The summed E-state index contributed by atoms with van der Waals surface area (Å²) >= 11 is 1.30. The number of thiazole rings is 1. The molecule has 76 valence electrons. The first-order valence-electron chi connectivity index (χ1n) is 4.16. The van der Waals surface area contributed by atoms with Crippen molar-refractivity contribution in [1.82, 2.24) is 4.98 Å². The molecule has 5 nitrogen and oxygen atoms in total. The maximum Gasteiger partial charge on any atom is 0.323 e. The lowest BCUT2D eigenvalue weighted by Crippen LogP contribution is -2.36. The molecular formula is C9H7N3O2S. The van der Waals surface area contributed by atoms with Crippen molar-refractivity contribution in [2.75, 3.05) is 5.32 Å². The molecule has 0 saturated heterocycles. The fourth-order valence-corrected chi connectivity index (χ4v) is 1.57. The first kappa shape index (κ1) is 9.60. The zero-order valence-corrected chi connectivity index (χ0v) is 8.40. The summed E-state index contributed by atoms with van der Waals surface area (Å²) in [6.45, 7) is 0. The van der Waals surface area contributed by atoms with Crippen LogP contribution in [0.15, 0.2) is 36.0 Å². The number of anilines is 1. The van der Waals surface area contributed by atoms with Crippen molar-refractivity contribution in [2.45, 2.75) is 0 Å². The van der Waals surface area contributed by atoms with Gasteiger partial charge in [-0.05, 0) is 6.07 Å². The highest BCUT2D eigenvalue weighted by Gasteiger charge is 2.15. The van der Waals surface area contributed by atoms with Gasteiger partial charge in [0, 0.05) is 23.7 Å². The Morgan fingerprint density at radius 2 is 2.40 bits per heavy atom. The van der Waals surface area contributed by atoms with Gasteiger partial charge in [0.05, 0.1) is 0 Å². The van der Waals surface area contributed by atoms with Crippen LogP contribution in [0.2, 0.25) is 0 Å². The lowest BCUT2D eigenvalue weighted by Gasteiger charge is -2.02. The molecule has 0 aliphatic heterocycles. The normalized spacial score (nSPS) is 9.87. The molecule has 0 saturated carbocycles. The summed E-state index contributed by atoms with van der Waals surface area (Å²) in [5.74, 6) is -0.458. The fraction of sp³-hybridized carbons (Fsp3) is 0. The highest BCUT2D eigenvalue weighted by molar-refractivity contribution is 7.13. The van der Waals surface area contributed by atoms with Crippen molar-refractivity contribution in [3.8, 4) is 0 Å². The van der Waals surface area contributed by atoms with Crippen LogP contribution >= 0.6 is 11.3 Å². The number of carbonyl (C=O) groups excluding carboxylic acids is 1. The molecule has 0 aromatic carbocycles. The molecule has 0 aliphatic rings. The van der Waals surface area contributed by atoms with E-state index < -0.39 is 5.91 Å². The summed E-state index contributed by atoms with van der Waals surface area (Å²) in [6.07, 6.45) is 2.85. The monoisotopic (exact) mass is 221 g/mol. The van der Waals surface area contributed by atoms with Crippen LogP contribution in [0.5, 0.6) is 0 Å². The molecule has 1 amide bonds. The Balaban J connectivity index is 2.19. The van der Waals surface area contributed by atoms with Crippen LogP contribution < -0.4 is 10.0 Å². The number of nitrogens with one attached hydrogen (secondary N) is 1. The first-order chi connectivity index (χ1) is 7.27. The van der Waals surface area contributed by atoms with Crippen LogP contribution in [0.4, 0.5) is 5.13 Å². The number of hydrogen-bond acceptors (Lipinski definition) is 4. The Bertz CT molecular complexity index is 470. The van der Waals surface area contributed by atoms with Gasteiger partial charge in [-0.2, -0.15) is 4.73 Å². The predicted molar refractivity (Wildman–Crippen MR) is 55.5 cm³/mol. The second-order valence-corrected chi connectivity index (χ2v) is 3.60. The molecule has 0 radical (unpaired) electrons. The second-order valence-electron chi connectivity index (χ2n) is 2.70. The number of amides is 1. The molecule has 0 spiro atoms. The van der Waals surface area contributed by atoms with Crippen molar-refractivity contribution in [1.29, 1.82) is 0 Å². The Labute approximate surface area is 89.6 Å². The number of nitrogens with zero attached hydrogens (tertiary/aromatic N) is 2. The maximum atomic E-state index is 11.6. The van der Waals surface area contributed by atoms with Gasteiger partial charge in [-0.15, -0.1) is 11.3 Å². The summed E-state index contributed by atoms with van der Waals surface area (Å²) in [6, 6.07) is 4.65. The SMILES string of the molecule is O=C(Nc1nccs1)c1cccc[n+]1[O-]. The molecule has 0 unspecified atom stereocenters. The van der Waals surface area contributed by atoms with Crippen LogP contribution in [0, 0.1) is 5.21 Å². The van der Waals surface area contributed by atoms with Gasteiger partial charge in [0.25, 0.3) is 5.69 Å². The summed E-state index contributed by atoms with van der Waals surface area (Å²) < 4.78 is 0.517. The zero-order chi connectivity index (χ0) is 10.7. The van der Waals surface area contributed by atoms with Crippen molar-refractivity contribution >= 4 is 22.4 Å². The molecule has 2 aromatic heterocycles. The van der Waals surface area contributed by atoms with Crippen LogP contribution in [0.3, 0.4) is 0 Å². The number of carbonyl (C=O) groups is 1. The third kappa shape index (κ3) is 2.10. The van der Waals surface area contributed by atoms with Crippen molar-refractivity contribution in [3.63, 3.8) is 0 Å². The summed E-state index contributed by atoms with van der Waals surface area (Å²) in [7, 11) is 0. The topological polar surface area (TPSA) is 68.9 Å². The second kappa shape index (κ2) is 4.05. The van der Waals surface area contributed by atoms with Gasteiger partial charge in [-0.3, -0.25) is 10.1 Å². The maximum absolute atomic E-state index is 11.6. The summed E-state index contributed by atoms with van der Waals surface area (Å²) in [4.78, 5) is 15.5. The van der Waals surface area contributed by atoms with Crippen LogP contribution in [0.25, 0.3) is 0 Å². The minimum atomic E-state index is -0.458. The Hall–Kier alpha value is -1.95. The van der Waals surface area contributed by atoms with E-state index >= 15 is 0 Å².